The summed E-state index contributed by atoms with van der Waals surface area (Å²) in [5, 5.41) is 5.79. The van der Waals surface area contributed by atoms with Crippen molar-refractivity contribution in [3.05, 3.63) is 64.8 Å². The van der Waals surface area contributed by atoms with Gasteiger partial charge in [-0.1, -0.05) is 31.2 Å². The molecule has 3 aromatic rings. The maximum Gasteiger partial charge on any atom is 0.230 e. The number of rotatable bonds is 5. The van der Waals surface area contributed by atoms with E-state index in [-0.39, 0.29) is 12.3 Å². The highest BCUT2D eigenvalue weighted by atomic mass is 32.1. The zero-order chi connectivity index (χ0) is 16.9. The summed E-state index contributed by atoms with van der Waals surface area (Å²) in [5.74, 6) is -0.0446. The van der Waals surface area contributed by atoms with E-state index >= 15 is 0 Å². The van der Waals surface area contributed by atoms with Crippen LogP contribution >= 0.6 is 11.3 Å². The van der Waals surface area contributed by atoms with Crippen LogP contribution in [-0.2, 0) is 17.6 Å². The number of benzene rings is 1. The van der Waals surface area contributed by atoms with Gasteiger partial charge in [0.15, 0.2) is 0 Å². The average molecular weight is 337 g/mol. The maximum atomic E-state index is 12.4. The number of hydrogen-bond acceptors (Lipinski definition) is 4. The zero-order valence-corrected chi connectivity index (χ0v) is 14.6. The molecule has 122 valence electrons. The Labute approximate surface area is 145 Å². The fourth-order valence-electron chi connectivity index (χ4n) is 2.55. The molecule has 0 atom stereocenters. The molecule has 0 aliphatic heterocycles. The maximum absolute atomic E-state index is 12.4. The minimum Gasteiger partial charge on any atom is -0.325 e. The van der Waals surface area contributed by atoms with Crippen LogP contribution in [0.25, 0.3) is 10.7 Å². The van der Waals surface area contributed by atoms with E-state index in [0.717, 1.165) is 39.6 Å². The second kappa shape index (κ2) is 7.36. The molecule has 2 aromatic heterocycles. The fourth-order valence-corrected chi connectivity index (χ4v) is 3.34. The van der Waals surface area contributed by atoms with Crippen LogP contribution in [0.2, 0.25) is 0 Å². The van der Waals surface area contributed by atoms with Gasteiger partial charge in [0.1, 0.15) is 5.01 Å². The zero-order valence-electron chi connectivity index (χ0n) is 13.7. The first-order chi connectivity index (χ1) is 11.7. The van der Waals surface area contributed by atoms with Gasteiger partial charge in [0.2, 0.25) is 5.91 Å². The molecule has 0 saturated carbocycles. The van der Waals surface area contributed by atoms with Gasteiger partial charge in [-0.25, -0.2) is 4.98 Å². The van der Waals surface area contributed by atoms with Crippen molar-refractivity contribution in [3.63, 3.8) is 0 Å². The number of aromatic nitrogens is 2. The van der Waals surface area contributed by atoms with Gasteiger partial charge in [-0.15, -0.1) is 11.3 Å². The Bertz CT molecular complexity index is 843. The number of carbonyl (C=O) groups is 1. The number of pyridine rings is 1. The molecule has 24 heavy (non-hydrogen) atoms. The monoisotopic (exact) mass is 337 g/mol. The molecule has 4 nitrogen and oxygen atoms in total. The highest BCUT2D eigenvalue weighted by Gasteiger charge is 2.12. The van der Waals surface area contributed by atoms with E-state index in [0.29, 0.717) is 0 Å². The van der Waals surface area contributed by atoms with E-state index in [2.05, 4.69) is 22.2 Å². The number of aryl methyl sites for hydroxylation is 2. The predicted molar refractivity (Wildman–Crippen MR) is 98.2 cm³/mol. The normalized spacial score (nSPS) is 10.6. The van der Waals surface area contributed by atoms with Gasteiger partial charge in [-0.2, -0.15) is 0 Å². The molecular formula is C19H19N3OS. The molecule has 0 radical (unpaired) electrons. The number of thiazole rings is 1. The molecule has 1 amide bonds. The van der Waals surface area contributed by atoms with E-state index in [1.54, 1.807) is 6.20 Å². The SMILES string of the molecule is CCc1cccc(C)c1NC(=O)Cc1csc(-c2ccccn2)n1. The minimum atomic E-state index is -0.0446. The van der Waals surface area contributed by atoms with Crippen LogP contribution in [0.4, 0.5) is 5.69 Å². The van der Waals surface area contributed by atoms with Crippen molar-refractivity contribution in [2.45, 2.75) is 26.7 Å². The average Bonchev–Trinajstić information content (AvgIpc) is 3.06. The molecule has 1 N–H and O–H groups in total. The summed E-state index contributed by atoms with van der Waals surface area (Å²) < 4.78 is 0. The second-order valence-corrected chi connectivity index (χ2v) is 6.40. The molecule has 0 spiro atoms. The van der Waals surface area contributed by atoms with Gasteiger partial charge in [-0.3, -0.25) is 9.78 Å². The highest BCUT2D eigenvalue weighted by Crippen LogP contribution is 2.23. The lowest BCUT2D eigenvalue weighted by molar-refractivity contribution is -0.115. The first-order valence-electron chi connectivity index (χ1n) is 7.91. The summed E-state index contributed by atoms with van der Waals surface area (Å²) >= 11 is 1.51. The predicted octanol–water partition coefficient (Wildman–Crippen LogP) is 4.26. The molecule has 0 unspecified atom stereocenters. The lowest BCUT2D eigenvalue weighted by Gasteiger charge is -2.12. The van der Waals surface area contributed by atoms with Crippen molar-refractivity contribution < 1.29 is 4.79 Å². The minimum absolute atomic E-state index is 0.0446. The molecule has 5 heteroatoms. The van der Waals surface area contributed by atoms with Crippen molar-refractivity contribution in [2.24, 2.45) is 0 Å². The van der Waals surface area contributed by atoms with Crippen molar-refractivity contribution in [3.8, 4) is 10.7 Å². The van der Waals surface area contributed by atoms with Crippen molar-refractivity contribution in [1.29, 1.82) is 0 Å². The number of amides is 1. The number of anilines is 1. The molecule has 2 heterocycles. The van der Waals surface area contributed by atoms with E-state index in [4.69, 9.17) is 0 Å². The molecule has 0 saturated heterocycles. The summed E-state index contributed by atoms with van der Waals surface area (Å²) in [4.78, 5) is 21.2. The van der Waals surface area contributed by atoms with Crippen LogP contribution in [0.3, 0.4) is 0 Å². The van der Waals surface area contributed by atoms with Gasteiger partial charge in [0.25, 0.3) is 0 Å². The van der Waals surface area contributed by atoms with E-state index < -0.39 is 0 Å². The quantitative estimate of drug-likeness (QED) is 0.757. The second-order valence-electron chi connectivity index (χ2n) is 5.55. The van der Waals surface area contributed by atoms with Crippen LogP contribution in [0.5, 0.6) is 0 Å². The molecule has 0 bridgehead atoms. The number of nitrogens with zero attached hydrogens (tertiary/aromatic N) is 2. The van der Waals surface area contributed by atoms with Crippen LogP contribution in [0.15, 0.2) is 48.0 Å². The van der Waals surface area contributed by atoms with Gasteiger partial charge in [-0.05, 0) is 36.6 Å². The number of carbonyl (C=O) groups excluding carboxylic acids is 1. The Morgan fingerprint density at radius 2 is 2.08 bits per heavy atom. The van der Waals surface area contributed by atoms with Gasteiger partial charge in [0, 0.05) is 17.3 Å². The topological polar surface area (TPSA) is 54.9 Å². The standard InChI is InChI=1S/C19H19N3OS/c1-3-14-8-6-7-13(2)18(14)22-17(23)11-15-12-24-19(21-15)16-9-4-5-10-20-16/h4-10,12H,3,11H2,1-2H3,(H,22,23). The first kappa shape index (κ1) is 16.3. The fraction of sp³-hybridized carbons (Fsp3) is 0.211. The molecule has 0 aliphatic carbocycles. The van der Waals surface area contributed by atoms with Gasteiger partial charge >= 0.3 is 0 Å². The van der Waals surface area contributed by atoms with Crippen LogP contribution in [0, 0.1) is 6.92 Å². The Kier molecular flexibility index (Phi) is 5.01. The number of para-hydroxylation sites is 1. The van der Waals surface area contributed by atoms with E-state index in [1.165, 1.54) is 11.3 Å². The Morgan fingerprint density at radius 3 is 2.83 bits per heavy atom. The third-order valence-corrected chi connectivity index (χ3v) is 4.70. The largest absolute Gasteiger partial charge is 0.325 e. The van der Waals surface area contributed by atoms with E-state index in [9.17, 15) is 4.79 Å². The molecule has 1 aromatic carbocycles. The van der Waals surface area contributed by atoms with Gasteiger partial charge in [0.05, 0.1) is 17.8 Å². The van der Waals surface area contributed by atoms with Crippen LogP contribution in [-0.4, -0.2) is 15.9 Å². The lowest BCUT2D eigenvalue weighted by atomic mass is 10.1. The van der Waals surface area contributed by atoms with Crippen molar-refractivity contribution >= 4 is 22.9 Å². The van der Waals surface area contributed by atoms with Crippen LogP contribution in [0.1, 0.15) is 23.7 Å². The summed E-state index contributed by atoms with van der Waals surface area (Å²) in [6.07, 6.45) is 2.90. The molecular weight excluding hydrogens is 318 g/mol. The number of hydrogen-bond donors (Lipinski definition) is 1. The number of nitrogens with one attached hydrogen (secondary N) is 1. The van der Waals surface area contributed by atoms with Crippen molar-refractivity contribution in [2.75, 3.05) is 5.32 Å². The lowest BCUT2D eigenvalue weighted by Crippen LogP contribution is -2.16. The van der Waals surface area contributed by atoms with Crippen LogP contribution < -0.4 is 5.32 Å². The summed E-state index contributed by atoms with van der Waals surface area (Å²) in [6, 6.07) is 11.8. The molecule has 0 fully saturated rings. The summed E-state index contributed by atoms with van der Waals surface area (Å²) in [7, 11) is 0. The molecule has 3 rings (SSSR count). The molecule has 0 aliphatic rings. The smallest absolute Gasteiger partial charge is 0.230 e. The van der Waals surface area contributed by atoms with Crippen molar-refractivity contribution in [1.82, 2.24) is 9.97 Å². The Balaban J connectivity index is 1.71. The first-order valence-corrected chi connectivity index (χ1v) is 8.79. The summed E-state index contributed by atoms with van der Waals surface area (Å²) in [6.45, 7) is 4.10. The summed E-state index contributed by atoms with van der Waals surface area (Å²) in [5.41, 5.74) is 4.75. The Hall–Kier alpha value is -2.53. The highest BCUT2D eigenvalue weighted by molar-refractivity contribution is 7.13. The Morgan fingerprint density at radius 1 is 1.21 bits per heavy atom. The third-order valence-electron chi connectivity index (χ3n) is 3.78. The van der Waals surface area contributed by atoms with E-state index in [1.807, 2.05) is 48.7 Å². The van der Waals surface area contributed by atoms with Gasteiger partial charge < -0.3 is 5.32 Å². The third kappa shape index (κ3) is 3.68.